The molecule has 1 N–H and O–H groups in total. The fourth-order valence-electron chi connectivity index (χ4n) is 2.69. The van der Waals surface area contributed by atoms with Gasteiger partial charge in [0.05, 0.1) is 0 Å². The zero-order valence-corrected chi connectivity index (χ0v) is 21.5. The van der Waals surface area contributed by atoms with Crippen molar-refractivity contribution in [3.8, 4) is 0 Å². The molecule has 0 unspecified atom stereocenters. The molecule has 2 aliphatic rings. The van der Waals surface area contributed by atoms with Crippen LogP contribution in [0.4, 0.5) is 25.2 Å². The van der Waals surface area contributed by atoms with Crippen molar-refractivity contribution in [3.63, 3.8) is 0 Å². The summed E-state index contributed by atoms with van der Waals surface area (Å²) in [4.78, 5) is 15.1. The summed E-state index contributed by atoms with van der Waals surface area (Å²) in [6, 6.07) is 3.58. The monoisotopic (exact) mass is 543 g/mol. The zero-order chi connectivity index (χ0) is 26.2. The second kappa shape index (κ2) is 8.84. The third kappa shape index (κ3) is 9.64. The van der Waals surface area contributed by atoms with Crippen LogP contribution in [0.3, 0.4) is 0 Å². The number of thiophene rings is 1. The molecule has 3 nitrogen and oxygen atoms in total. The molecular weight excluding hydrogens is 519 g/mol. The van der Waals surface area contributed by atoms with Crippen molar-refractivity contribution in [1.82, 2.24) is 0 Å². The van der Waals surface area contributed by atoms with Crippen molar-refractivity contribution in [1.29, 1.82) is 0 Å². The third-order valence-corrected chi connectivity index (χ3v) is 6.95. The normalized spacial score (nSPS) is 18.4. The Balaban J connectivity index is 0.000000509. The summed E-state index contributed by atoms with van der Waals surface area (Å²) in [5.41, 5.74) is 3.43. The van der Waals surface area contributed by atoms with E-state index in [0.717, 1.165) is 10.5 Å². The van der Waals surface area contributed by atoms with Gasteiger partial charge in [0, 0.05) is 21.9 Å². The van der Waals surface area contributed by atoms with E-state index in [2.05, 4.69) is 61.8 Å². The third-order valence-electron chi connectivity index (χ3n) is 4.30. The molecule has 188 valence electrons. The predicted molar refractivity (Wildman–Crippen MR) is 130 cm³/mol. The van der Waals surface area contributed by atoms with Gasteiger partial charge in [0.1, 0.15) is 19.0 Å². The van der Waals surface area contributed by atoms with Crippen molar-refractivity contribution in [2.45, 2.75) is 20.8 Å². The fraction of sp³-hybridized carbons (Fsp3) is 0.273. The summed E-state index contributed by atoms with van der Waals surface area (Å²) in [5, 5.41) is 9.24. The van der Waals surface area contributed by atoms with Gasteiger partial charge >= 0.3 is 39.0 Å². The number of nitrogens with zero attached hydrogens (tertiary/aromatic N) is 1. The Morgan fingerprint density at radius 2 is 1.47 bits per heavy atom. The standard InChI is InChI=1S/C22H23NO2S2.F6P/c1-22(2,3)20-13-15(17-10-11-18(26-17)21(24)25)12-19(27-20)14-6-8-16(9-7-14)23(4)5;1-7(2,3,4,5)6/h6-13H,1-5H3;/q;-1/p+1. The molecule has 3 rings (SSSR count). The molecule has 1 aliphatic carbocycles. The van der Waals surface area contributed by atoms with Crippen molar-refractivity contribution in [2.75, 3.05) is 14.1 Å². The van der Waals surface area contributed by atoms with Gasteiger partial charge in [0.25, 0.3) is 0 Å². The maximum atomic E-state index is 11.3. The van der Waals surface area contributed by atoms with Crippen molar-refractivity contribution in [3.05, 3.63) is 73.7 Å². The average molecular weight is 544 g/mol. The molecular formula is C22H24F6NO2PS2. The molecule has 0 saturated heterocycles. The van der Waals surface area contributed by atoms with Gasteiger partial charge in [0.15, 0.2) is 5.71 Å². The minimum atomic E-state index is -10.7. The summed E-state index contributed by atoms with van der Waals surface area (Å²) in [6.45, 7) is 6.62. The second-order valence-corrected chi connectivity index (χ2v) is 12.8. The molecule has 0 radical (unpaired) electrons. The van der Waals surface area contributed by atoms with Crippen LogP contribution < -0.4 is 0 Å². The number of hydrogen-bond acceptors (Lipinski definition) is 3. The fourth-order valence-corrected chi connectivity index (χ4v) is 4.69. The van der Waals surface area contributed by atoms with E-state index >= 15 is 0 Å². The van der Waals surface area contributed by atoms with Crippen molar-refractivity contribution < 1.29 is 39.7 Å². The van der Waals surface area contributed by atoms with E-state index in [1.165, 1.54) is 32.4 Å². The van der Waals surface area contributed by atoms with Gasteiger partial charge in [-0.05, 0) is 57.9 Å². The maximum absolute atomic E-state index is 11.3. The second-order valence-electron chi connectivity index (χ2n) is 8.69. The Morgan fingerprint density at radius 1 is 0.941 bits per heavy atom. The van der Waals surface area contributed by atoms with E-state index in [1.807, 2.05) is 20.2 Å². The van der Waals surface area contributed by atoms with Crippen LogP contribution >= 0.6 is 30.9 Å². The molecule has 12 heteroatoms. The van der Waals surface area contributed by atoms with Gasteiger partial charge in [-0.2, -0.15) is 0 Å². The SMILES string of the molecule is C[N+](C)=C1C=CC(=C2C=C(c3ccc(C(=O)O)s3)C=C(C(C)(C)C)S2)C=C1.F[P-](F)(F)(F)(F)F. The zero-order valence-electron chi connectivity index (χ0n) is 19.0. The molecule has 0 bridgehead atoms. The van der Waals surface area contributed by atoms with Crippen LogP contribution in [0, 0.1) is 5.41 Å². The van der Waals surface area contributed by atoms with E-state index in [4.69, 9.17) is 0 Å². The first kappa shape index (κ1) is 28.1. The number of hydrogen-bond donors (Lipinski definition) is 1. The van der Waals surface area contributed by atoms with Gasteiger partial charge in [0.2, 0.25) is 0 Å². The van der Waals surface area contributed by atoms with E-state index in [1.54, 1.807) is 17.8 Å². The Kier molecular flexibility index (Phi) is 7.32. The first-order valence-corrected chi connectivity index (χ1v) is 13.4. The number of carboxylic acids is 1. The molecule has 34 heavy (non-hydrogen) atoms. The van der Waals surface area contributed by atoms with Crippen molar-refractivity contribution >= 4 is 48.2 Å². The number of allylic oxidation sites excluding steroid dienone is 9. The van der Waals surface area contributed by atoms with Gasteiger partial charge in [-0.15, -0.1) is 11.3 Å². The summed E-state index contributed by atoms with van der Waals surface area (Å²) in [7, 11) is -6.59. The van der Waals surface area contributed by atoms with E-state index in [0.29, 0.717) is 4.88 Å². The molecule has 1 aromatic rings. The van der Waals surface area contributed by atoms with E-state index in [-0.39, 0.29) is 5.41 Å². The summed E-state index contributed by atoms with van der Waals surface area (Å²) in [6.07, 6.45) is 12.9. The van der Waals surface area contributed by atoms with Crippen LogP contribution in [0.25, 0.3) is 5.57 Å². The van der Waals surface area contributed by atoms with Crippen molar-refractivity contribution in [2.24, 2.45) is 5.41 Å². The number of carbonyl (C=O) groups is 1. The number of carboxylic acid groups (broad SMARTS) is 1. The minimum absolute atomic E-state index is 0.0197. The number of rotatable bonds is 2. The quantitative estimate of drug-likeness (QED) is 0.230. The summed E-state index contributed by atoms with van der Waals surface area (Å²) in [5.74, 6) is -0.875. The molecule has 1 aliphatic heterocycles. The average Bonchev–Trinajstić information content (AvgIpc) is 3.15. The van der Waals surface area contributed by atoms with Crippen LogP contribution in [-0.4, -0.2) is 35.5 Å². The van der Waals surface area contributed by atoms with Gasteiger partial charge in [-0.25, -0.2) is 9.37 Å². The molecule has 0 aromatic carbocycles. The number of thioether (sulfide) groups is 1. The van der Waals surface area contributed by atoms with Gasteiger partial charge < -0.3 is 5.11 Å². The molecule has 0 fully saturated rings. The Bertz CT molecular complexity index is 1160. The Hall–Kier alpha value is -2.10. The van der Waals surface area contributed by atoms with Crippen LogP contribution in [0.1, 0.15) is 35.3 Å². The molecule has 0 spiro atoms. The van der Waals surface area contributed by atoms with Crippen LogP contribution in [0.15, 0.2) is 64.0 Å². The van der Waals surface area contributed by atoms with Gasteiger partial charge in [-0.3, -0.25) is 0 Å². The van der Waals surface area contributed by atoms with E-state index in [9.17, 15) is 35.1 Å². The molecule has 0 atom stereocenters. The Labute approximate surface area is 201 Å². The van der Waals surface area contributed by atoms with E-state index < -0.39 is 13.8 Å². The summed E-state index contributed by atoms with van der Waals surface area (Å²) >= 11 is 3.12. The van der Waals surface area contributed by atoms with Crippen LogP contribution in [0.5, 0.6) is 0 Å². The van der Waals surface area contributed by atoms with Crippen LogP contribution in [-0.2, 0) is 0 Å². The molecule has 1 aromatic heterocycles. The predicted octanol–water partition coefficient (Wildman–Crippen LogP) is 8.98. The summed E-state index contributed by atoms with van der Waals surface area (Å²) < 4.78 is 61.3. The topological polar surface area (TPSA) is 40.3 Å². The first-order chi connectivity index (χ1) is 15.1. The molecule has 0 amide bonds. The first-order valence-electron chi connectivity index (χ1n) is 9.76. The molecule has 2 heterocycles. The number of aromatic carboxylic acids is 1. The Morgan fingerprint density at radius 3 is 1.88 bits per heavy atom. The van der Waals surface area contributed by atoms with Crippen LogP contribution in [0.2, 0.25) is 0 Å². The van der Waals surface area contributed by atoms with Gasteiger partial charge in [-0.1, -0.05) is 32.5 Å². The number of halogens is 6. The molecule has 0 saturated carbocycles.